The molecule has 0 N–H and O–H groups in total. The monoisotopic (exact) mass is 218 g/mol. The van der Waals surface area contributed by atoms with Gasteiger partial charge < -0.3 is 0 Å². The van der Waals surface area contributed by atoms with E-state index in [4.69, 9.17) is 11.6 Å². The Bertz CT molecular complexity index is 448. The lowest BCUT2D eigenvalue weighted by Gasteiger charge is -2.01. The molecule has 0 radical (unpaired) electrons. The van der Waals surface area contributed by atoms with Crippen LogP contribution in [-0.2, 0) is 6.54 Å². The molecule has 2 rings (SSSR count). The summed E-state index contributed by atoms with van der Waals surface area (Å²) in [5.41, 5.74) is 2.66. The van der Waals surface area contributed by atoms with Crippen LogP contribution >= 0.6 is 11.6 Å². The molecule has 0 saturated carbocycles. The number of aromatic nitrogens is 1. The number of pyridine rings is 1. The molecule has 15 heavy (non-hydrogen) atoms. The van der Waals surface area contributed by atoms with E-state index in [0.29, 0.717) is 0 Å². The van der Waals surface area contributed by atoms with Crippen molar-refractivity contribution in [2.45, 2.75) is 13.5 Å². The average Bonchev–Trinajstić information content (AvgIpc) is 2.25. The first-order valence-electron chi connectivity index (χ1n) is 4.95. The van der Waals surface area contributed by atoms with E-state index in [-0.39, 0.29) is 0 Å². The Morgan fingerprint density at radius 1 is 1.07 bits per heavy atom. The minimum Gasteiger partial charge on any atom is -0.201 e. The minimum absolute atomic E-state index is 0.774. The van der Waals surface area contributed by atoms with Gasteiger partial charge in [0.2, 0.25) is 0 Å². The fourth-order valence-corrected chi connectivity index (χ4v) is 1.64. The van der Waals surface area contributed by atoms with Gasteiger partial charge in [0.25, 0.3) is 0 Å². The molecule has 0 atom stereocenters. The average molecular weight is 219 g/mol. The van der Waals surface area contributed by atoms with Crippen molar-refractivity contribution in [2.24, 2.45) is 0 Å². The molecular weight excluding hydrogens is 206 g/mol. The molecule has 0 saturated heterocycles. The van der Waals surface area contributed by atoms with Gasteiger partial charge in [-0.1, -0.05) is 35.9 Å². The zero-order chi connectivity index (χ0) is 10.7. The molecule has 0 unspecified atom stereocenters. The van der Waals surface area contributed by atoms with Gasteiger partial charge in [0, 0.05) is 17.7 Å². The van der Waals surface area contributed by atoms with E-state index < -0.39 is 0 Å². The molecule has 1 heterocycles. The van der Waals surface area contributed by atoms with Gasteiger partial charge in [-0.3, -0.25) is 0 Å². The lowest BCUT2D eigenvalue weighted by molar-refractivity contribution is -0.688. The second kappa shape index (κ2) is 4.45. The Labute approximate surface area is 95.0 Å². The topological polar surface area (TPSA) is 3.88 Å². The predicted molar refractivity (Wildman–Crippen MR) is 61.9 cm³/mol. The summed E-state index contributed by atoms with van der Waals surface area (Å²) < 4.78 is 2.12. The summed E-state index contributed by atoms with van der Waals surface area (Å²) in [5.74, 6) is 0. The molecule has 1 aromatic heterocycles. The lowest BCUT2D eigenvalue weighted by atomic mass is 10.1. The standard InChI is InChI=1S/C13H13ClN/c1-11-4-2-3-5-12(11)10-15-8-6-13(14)7-9-15/h2-9H,10H2,1H3/q+1. The van der Waals surface area contributed by atoms with Gasteiger partial charge in [-0.2, -0.15) is 0 Å². The smallest absolute Gasteiger partial charge is 0.174 e. The van der Waals surface area contributed by atoms with Crippen LogP contribution in [0, 0.1) is 6.92 Å². The Hall–Kier alpha value is -1.34. The zero-order valence-corrected chi connectivity index (χ0v) is 9.41. The van der Waals surface area contributed by atoms with Crippen molar-refractivity contribution < 1.29 is 4.57 Å². The maximum atomic E-state index is 5.83. The normalized spacial score (nSPS) is 10.3. The van der Waals surface area contributed by atoms with E-state index in [1.54, 1.807) is 0 Å². The summed E-state index contributed by atoms with van der Waals surface area (Å²) in [6, 6.07) is 12.2. The van der Waals surface area contributed by atoms with E-state index in [0.717, 1.165) is 11.6 Å². The Kier molecular flexibility index (Phi) is 3.02. The number of aryl methyl sites for hydroxylation is 1. The number of nitrogens with zero attached hydrogens (tertiary/aromatic N) is 1. The molecule has 1 aromatic carbocycles. The Morgan fingerprint density at radius 2 is 1.73 bits per heavy atom. The van der Waals surface area contributed by atoms with Crippen LogP contribution in [0.2, 0.25) is 5.02 Å². The van der Waals surface area contributed by atoms with Gasteiger partial charge in [0.15, 0.2) is 18.9 Å². The second-order valence-electron chi connectivity index (χ2n) is 3.62. The van der Waals surface area contributed by atoms with Crippen LogP contribution in [-0.4, -0.2) is 0 Å². The zero-order valence-electron chi connectivity index (χ0n) is 8.65. The van der Waals surface area contributed by atoms with Gasteiger partial charge in [-0.15, -0.1) is 0 Å². The van der Waals surface area contributed by atoms with Crippen molar-refractivity contribution in [1.29, 1.82) is 0 Å². The highest BCUT2D eigenvalue weighted by atomic mass is 35.5. The number of halogens is 1. The molecule has 2 aromatic rings. The van der Waals surface area contributed by atoms with Crippen LogP contribution in [0.3, 0.4) is 0 Å². The molecule has 76 valence electrons. The van der Waals surface area contributed by atoms with E-state index in [1.165, 1.54) is 11.1 Å². The van der Waals surface area contributed by atoms with Crippen LogP contribution in [0.25, 0.3) is 0 Å². The van der Waals surface area contributed by atoms with Gasteiger partial charge in [0.05, 0.1) is 5.02 Å². The van der Waals surface area contributed by atoms with Crippen molar-refractivity contribution in [2.75, 3.05) is 0 Å². The SMILES string of the molecule is Cc1ccccc1C[n+]1ccc(Cl)cc1. The van der Waals surface area contributed by atoms with E-state index in [9.17, 15) is 0 Å². The molecule has 0 aliphatic rings. The van der Waals surface area contributed by atoms with Crippen molar-refractivity contribution in [1.82, 2.24) is 0 Å². The van der Waals surface area contributed by atoms with Crippen LogP contribution in [0.5, 0.6) is 0 Å². The molecule has 0 amide bonds. The lowest BCUT2D eigenvalue weighted by Crippen LogP contribution is -2.33. The first-order chi connectivity index (χ1) is 7.25. The van der Waals surface area contributed by atoms with Crippen LogP contribution < -0.4 is 4.57 Å². The number of hydrogen-bond acceptors (Lipinski definition) is 0. The third-order valence-corrected chi connectivity index (χ3v) is 2.72. The summed E-state index contributed by atoms with van der Waals surface area (Å²) in [6.45, 7) is 3.02. The molecule has 1 nitrogen and oxygen atoms in total. The first-order valence-corrected chi connectivity index (χ1v) is 5.32. The summed E-state index contributed by atoms with van der Waals surface area (Å²) in [5, 5.41) is 0.774. The summed E-state index contributed by atoms with van der Waals surface area (Å²) in [4.78, 5) is 0. The molecule has 0 aliphatic heterocycles. The Balaban J connectivity index is 2.22. The molecule has 2 heteroatoms. The maximum Gasteiger partial charge on any atom is 0.174 e. The third-order valence-electron chi connectivity index (χ3n) is 2.46. The maximum absolute atomic E-state index is 5.83. The van der Waals surface area contributed by atoms with E-state index in [2.05, 4.69) is 35.8 Å². The predicted octanol–water partition coefficient (Wildman–Crippen LogP) is 2.98. The van der Waals surface area contributed by atoms with E-state index in [1.807, 2.05) is 24.5 Å². The van der Waals surface area contributed by atoms with Crippen molar-refractivity contribution in [3.8, 4) is 0 Å². The minimum atomic E-state index is 0.774. The van der Waals surface area contributed by atoms with Crippen molar-refractivity contribution in [3.63, 3.8) is 0 Å². The quantitative estimate of drug-likeness (QED) is 0.683. The van der Waals surface area contributed by atoms with Gasteiger partial charge in [-0.25, -0.2) is 4.57 Å². The number of benzene rings is 1. The second-order valence-corrected chi connectivity index (χ2v) is 4.05. The summed E-state index contributed by atoms with van der Waals surface area (Å²) in [6.07, 6.45) is 3.99. The first kappa shape index (κ1) is 10.2. The Morgan fingerprint density at radius 3 is 2.40 bits per heavy atom. The largest absolute Gasteiger partial charge is 0.201 e. The molecule has 0 bridgehead atoms. The van der Waals surface area contributed by atoms with Crippen LogP contribution in [0.1, 0.15) is 11.1 Å². The molecule has 0 spiro atoms. The van der Waals surface area contributed by atoms with Crippen LogP contribution in [0.4, 0.5) is 0 Å². The van der Waals surface area contributed by atoms with Gasteiger partial charge >= 0.3 is 0 Å². The summed E-state index contributed by atoms with van der Waals surface area (Å²) in [7, 11) is 0. The van der Waals surface area contributed by atoms with Crippen molar-refractivity contribution >= 4 is 11.6 Å². The highest BCUT2D eigenvalue weighted by Gasteiger charge is 2.04. The van der Waals surface area contributed by atoms with Crippen LogP contribution in [0.15, 0.2) is 48.8 Å². The fourth-order valence-electron chi connectivity index (χ4n) is 1.53. The number of hydrogen-bond donors (Lipinski definition) is 0. The van der Waals surface area contributed by atoms with Gasteiger partial charge in [0.1, 0.15) is 0 Å². The van der Waals surface area contributed by atoms with Gasteiger partial charge in [-0.05, 0) is 12.5 Å². The highest BCUT2D eigenvalue weighted by Crippen LogP contribution is 2.07. The van der Waals surface area contributed by atoms with Crippen molar-refractivity contribution in [3.05, 3.63) is 64.9 Å². The summed E-state index contributed by atoms with van der Waals surface area (Å²) >= 11 is 5.83. The fraction of sp³-hybridized carbons (Fsp3) is 0.154. The molecular formula is C13H13ClN+. The molecule has 0 aliphatic carbocycles. The third kappa shape index (κ3) is 2.57. The number of rotatable bonds is 2. The van der Waals surface area contributed by atoms with E-state index >= 15 is 0 Å². The highest BCUT2D eigenvalue weighted by molar-refractivity contribution is 6.30. The molecule has 0 fully saturated rings.